The molecule has 2 amide bonds. The van der Waals surface area contributed by atoms with Crippen molar-refractivity contribution in [3.8, 4) is 17.2 Å². The Bertz CT molecular complexity index is 926. The summed E-state index contributed by atoms with van der Waals surface area (Å²) in [6.45, 7) is 4.87. The number of amides is 2. The molecule has 3 rings (SSSR count). The van der Waals surface area contributed by atoms with Gasteiger partial charge in [0.15, 0.2) is 11.5 Å². The first-order valence-corrected chi connectivity index (χ1v) is 10.0. The highest BCUT2D eigenvalue weighted by Gasteiger charge is 2.28. The molecule has 1 heterocycles. The number of benzene rings is 2. The van der Waals surface area contributed by atoms with Crippen molar-refractivity contribution in [3.63, 3.8) is 0 Å². The van der Waals surface area contributed by atoms with Crippen molar-refractivity contribution >= 4 is 17.5 Å². The van der Waals surface area contributed by atoms with Gasteiger partial charge in [0, 0.05) is 18.7 Å². The van der Waals surface area contributed by atoms with Crippen molar-refractivity contribution in [2.45, 2.75) is 26.1 Å². The zero-order valence-electron chi connectivity index (χ0n) is 18.4. The first-order valence-electron chi connectivity index (χ1n) is 10.0. The van der Waals surface area contributed by atoms with Crippen LogP contribution < -0.4 is 19.5 Å². The van der Waals surface area contributed by atoms with Gasteiger partial charge in [-0.3, -0.25) is 9.59 Å². The van der Waals surface area contributed by atoms with Crippen LogP contribution in [0.2, 0.25) is 0 Å². The first kappa shape index (κ1) is 22.4. The van der Waals surface area contributed by atoms with Crippen LogP contribution in [0.1, 0.15) is 34.6 Å². The number of anilines is 1. The average molecular weight is 428 g/mol. The molecule has 166 valence electrons. The number of rotatable bonds is 6. The highest BCUT2D eigenvalue weighted by Crippen LogP contribution is 2.38. The molecule has 0 saturated carbocycles. The Kier molecular flexibility index (Phi) is 7.02. The summed E-state index contributed by atoms with van der Waals surface area (Å²) in [6, 6.07) is 10.1. The highest BCUT2D eigenvalue weighted by molar-refractivity contribution is 6.09. The molecule has 2 aromatic rings. The summed E-state index contributed by atoms with van der Waals surface area (Å²) < 4.78 is 21.7. The summed E-state index contributed by atoms with van der Waals surface area (Å²) in [5.74, 6) is 0.582. The molecule has 1 fully saturated rings. The maximum absolute atomic E-state index is 13.2. The van der Waals surface area contributed by atoms with E-state index in [4.69, 9.17) is 18.9 Å². The predicted octanol–water partition coefficient (Wildman–Crippen LogP) is 3.21. The van der Waals surface area contributed by atoms with Gasteiger partial charge in [0.25, 0.3) is 11.8 Å². The Hall–Kier alpha value is -3.26. The van der Waals surface area contributed by atoms with Gasteiger partial charge in [-0.2, -0.15) is 0 Å². The van der Waals surface area contributed by atoms with Crippen LogP contribution in [0.5, 0.6) is 17.2 Å². The number of ether oxygens (including phenoxy) is 4. The molecule has 0 radical (unpaired) electrons. The van der Waals surface area contributed by atoms with E-state index in [2.05, 4.69) is 5.32 Å². The molecule has 0 bridgehead atoms. The van der Waals surface area contributed by atoms with Crippen LogP contribution >= 0.6 is 0 Å². The molecule has 2 atom stereocenters. The second-order valence-electron chi connectivity index (χ2n) is 7.38. The summed E-state index contributed by atoms with van der Waals surface area (Å²) in [5, 5.41) is 2.84. The lowest BCUT2D eigenvalue weighted by Gasteiger charge is -2.35. The summed E-state index contributed by atoms with van der Waals surface area (Å²) >= 11 is 0. The van der Waals surface area contributed by atoms with Gasteiger partial charge in [0.2, 0.25) is 5.75 Å². The van der Waals surface area contributed by atoms with Crippen molar-refractivity contribution in [3.05, 3.63) is 47.5 Å². The van der Waals surface area contributed by atoms with Crippen LogP contribution in [0.25, 0.3) is 0 Å². The van der Waals surface area contributed by atoms with E-state index in [0.29, 0.717) is 47.2 Å². The average Bonchev–Trinajstić information content (AvgIpc) is 2.77. The monoisotopic (exact) mass is 428 g/mol. The van der Waals surface area contributed by atoms with Crippen LogP contribution in [0.3, 0.4) is 0 Å². The molecule has 8 heteroatoms. The lowest BCUT2D eigenvalue weighted by Crippen LogP contribution is -2.48. The predicted molar refractivity (Wildman–Crippen MR) is 116 cm³/mol. The SMILES string of the molecule is COc1cc(C(=O)Nc2ccccc2C(=O)N2C[C@@H](C)O[C@@H](C)C2)cc(OC)c1OC. The zero-order chi connectivity index (χ0) is 22.5. The van der Waals surface area contributed by atoms with E-state index >= 15 is 0 Å². The van der Waals surface area contributed by atoms with E-state index in [1.165, 1.54) is 21.3 Å². The molecule has 1 saturated heterocycles. The molecular formula is C23H28N2O6. The Balaban J connectivity index is 1.87. The van der Waals surface area contributed by atoms with E-state index in [-0.39, 0.29) is 18.1 Å². The maximum Gasteiger partial charge on any atom is 0.256 e. The number of carbonyl (C=O) groups is 2. The van der Waals surface area contributed by atoms with Gasteiger partial charge in [-0.1, -0.05) is 12.1 Å². The molecule has 31 heavy (non-hydrogen) atoms. The largest absolute Gasteiger partial charge is 0.493 e. The fraction of sp³-hybridized carbons (Fsp3) is 0.391. The number of carbonyl (C=O) groups excluding carboxylic acids is 2. The van der Waals surface area contributed by atoms with Gasteiger partial charge in [-0.15, -0.1) is 0 Å². The number of hydrogen-bond acceptors (Lipinski definition) is 6. The second kappa shape index (κ2) is 9.70. The lowest BCUT2D eigenvalue weighted by atomic mass is 10.1. The summed E-state index contributed by atoms with van der Waals surface area (Å²) in [7, 11) is 4.46. The fourth-order valence-electron chi connectivity index (χ4n) is 3.70. The van der Waals surface area contributed by atoms with E-state index in [1.807, 2.05) is 13.8 Å². The smallest absolute Gasteiger partial charge is 0.256 e. The van der Waals surface area contributed by atoms with Crippen molar-refractivity contribution in [1.29, 1.82) is 0 Å². The van der Waals surface area contributed by atoms with Crippen molar-refractivity contribution in [1.82, 2.24) is 4.90 Å². The Morgan fingerprint density at radius 2 is 1.55 bits per heavy atom. The Morgan fingerprint density at radius 1 is 0.968 bits per heavy atom. The van der Waals surface area contributed by atoms with Crippen LogP contribution in [0.15, 0.2) is 36.4 Å². The molecular weight excluding hydrogens is 400 g/mol. The first-order chi connectivity index (χ1) is 14.9. The third-order valence-corrected chi connectivity index (χ3v) is 5.04. The van der Waals surface area contributed by atoms with Crippen molar-refractivity contribution < 1.29 is 28.5 Å². The third kappa shape index (κ3) is 4.91. The summed E-state index contributed by atoms with van der Waals surface area (Å²) in [5.41, 5.74) is 1.16. The van der Waals surface area contributed by atoms with Crippen LogP contribution in [0, 0.1) is 0 Å². The maximum atomic E-state index is 13.2. The molecule has 0 unspecified atom stereocenters. The molecule has 8 nitrogen and oxygen atoms in total. The number of nitrogens with zero attached hydrogens (tertiary/aromatic N) is 1. The van der Waals surface area contributed by atoms with E-state index in [0.717, 1.165) is 0 Å². The normalized spacial score (nSPS) is 18.3. The zero-order valence-corrected chi connectivity index (χ0v) is 18.4. The van der Waals surface area contributed by atoms with Gasteiger partial charge < -0.3 is 29.2 Å². The standard InChI is InChI=1S/C23H28N2O6/c1-14-12-25(13-15(2)31-14)23(27)17-8-6-7-9-18(17)24-22(26)16-10-19(28-3)21(30-5)20(11-16)29-4/h6-11,14-15H,12-13H2,1-5H3,(H,24,26)/t14-,15+. The molecule has 0 aromatic heterocycles. The molecule has 2 aromatic carbocycles. The van der Waals surface area contributed by atoms with Gasteiger partial charge >= 0.3 is 0 Å². The van der Waals surface area contributed by atoms with Crippen LogP contribution in [-0.2, 0) is 4.74 Å². The van der Waals surface area contributed by atoms with Gasteiger partial charge in [0.05, 0.1) is 44.8 Å². The van der Waals surface area contributed by atoms with Gasteiger partial charge in [-0.05, 0) is 38.1 Å². The number of morpholine rings is 1. The lowest BCUT2D eigenvalue weighted by molar-refractivity contribution is -0.0585. The molecule has 1 N–H and O–H groups in total. The molecule has 0 spiro atoms. The number of hydrogen-bond donors (Lipinski definition) is 1. The fourth-order valence-corrected chi connectivity index (χ4v) is 3.70. The number of para-hydroxylation sites is 1. The quantitative estimate of drug-likeness (QED) is 0.760. The summed E-state index contributed by atoms with van der Waals surface area (Å²) in [6.07, 6.45) is -0.0950. The van der Waals surface area contributed by atoms with Crippen LogP contribution in [0.4, 0.5) is 5.69 Å². The van der Waals surface area contributed by atoms with Gasteiger partial charge in [-0.25, -0.2) is 0 Å². The third-order valence-electron chi connectivity index (χ3n) is 5.04. The van der Waals surface area contributed by atoms with Crippen LogP contribution in [-0.4, -0.2) is 63.3 Å². The molecule has 1 aliphatic heterocycles. The molecule has 0 aliphatic carbocycles. The second-order valence-corrected chi connectivity index (χ2v) is 7.38. The van der Waals surface area contributed by atoms with E-state index < -0.39 is 5.91 Å². The van der Waals surface area contributed by atoms with E-state index in [9.17, 15) is 9.59 Å². The molecule has 1 aliphatic rings. The van der Waals surface area contributed by atoms with Crippen molar-refractivity contribution in [2.75, 3.05) is 39.7 Å². The highest BCUT2D eigenvalue weighted by atomic mass is 16.5. The number of methoxy groups -OCH3 is 3. The van der Waals surface area contributed by atoms with Crippen molar-refractivity contribution in [2.24, 2.45) is 0 Å². The summed E-state index contributed by atoms with van der Waals surface area (Å²) in [4.78, 5) is 27.9. The van der Waals surface area contributed by atoms with Gasteiger partial charge in [0.1, 0.15) is 0 Å². The number of nitrogens with one attached hydrogen (secondary N) is 1. The Labute approximate surface area is 182 Å². The minimum absolute atomic E-state index is 0.0475. The topological polar surface area (TPSA) is 86.3 Å². The van der Waals surface area contributed by atoms with E-state index in [1.54, 1.807) is 41.3 Å². The Morgan fingerprint density at radius 3 is 2.10 bits per heavy atom. The minimum atomic E-state index is -0.400. The minimum Gasteiger partial charge on any atom is -0.493 e.